The Morgan fingerprint density at radius 1 is 1.15 bits per heavy atom. The van der Waals surface area contributed by atoms with Crippen LogP contribution in [-0.4, -0.2) is 15.5 Å². The number of hydrogen-bond donors (Lipinski definition) is 1. The number of nitrogens with one attached hydrogen (secondary N) is 1. The van der Waals surface area contributed by atoms with Gasteiger partial charge in [-0.25, -0.2) is 9.37 Å². The van der Waals surface area contributed by atoms with Crippen molar-refractivity contribution in [2.75, 3.05) is 0 Å². The van der Waals surface area contributed by atoms with E-state index in [0.717, 1.165) is 17.0 Å². The first-order valence-electron chi connectivity index (χ1n) is 8.64. The number of halogens is 1. The average Bonchev–Trinajstić information content (AvgIpc) is 3.04. The summed E-state index contributed by atoms with van der Waals surface area (Å²) in [6.07, 6.45) is 4.47. The Morgan fingerprint density at radius 3 is 2.69 bits per heavy atom. The molecule has 26 heavy (non-hydrogen) atoms. The number of carbonyl (C=O) groups is 1. The van der Waals surface area contributed by atoms with Gasteiger partial charge in [0.1, 0.15) is 11.6 Å². The lowest BCUT2D eigenvalue weighted by Gasteiger charge is -2.10. The SMILES string of the molecule is Cc1cccc(CCC(=O)NCc2ccc(-n3ccnc3C)c(F)c2)c1. The fraction of sp³-hybridized carbons (Fsp3) is 0.238. The smallest absolute Gasteiger partial charge is 0.220 e. The minimum atomic E-state index is -0.336. The third kappa shape index (κ3) is 4.36. The molecule has 1 N–H and O–H groups in total. The van der Waals surface area contributed by atoms with Gasteiger partial charge < -0.3 is 9.88 Å². The maximum atomic E-state index is 14.4. The molecule has 4 nitrogen and oxygen atoms in total. The van der Waals surface area contributed by atoms with Gasteiger partial charge in [0.15, 0.2) is 0 Å². The van der Waals surface area contributed by atoms with Gasteiger partial charge in [-0.2, -0.15) is 0 Å². The number of benzene rings is 2. The summed E-state index contributed by atoms with van der Waals surface area (Å²) in [5.74, 6) is 0.347. The Kier molecular flexibility index (Phi) is 5.46. The predicted molar refractivity (Wildman–Crippen MR) is 99.6 cm³/mol. The van der Waals surface area contributed by atoms with Crippen LogP contribution in [0.1, 0.15) is 28.9 Å². The number of carbonyl (C=O) groups excluding carboxylic acids is 1. The highest BCUT2D eigenvalue weighted by Gasteiger charge is 2.09. The van der Waals surface area contributed by atoms with Gasteiger partial charge in [-0.1, -0.05) is 35.9 Å². The van der Waals surface area contributed by atoms with Crippen molar-refractivity contribution in [1.29, 1.82) is 0 Å². The van der Waals surface area contributed by atoms with E-state index < -0.39 is 0 Å². The van der Waals surface area contributed by atoms with Crippen LogP contribution in [-0.2, 0) is 17.8 Å². The summed E-state index contributed by atoms with van der Waals surface area (Å²) in [4.78, 5) is 16.1. The summed E-state index contributed by atoms with van der Waals surface area (Å²) in [7, 11) is 0. The van der Waals surface area contributed by atoms with E-state index in [1.807, 2.05) is 38.1 Å². The molecule has 0 bridgehead atoms. The molecule has 0 fully saturated rings. The fourth-order valence-electron chi connectivity index (χ4n) is 2.90. The van der Waals surface area contributed by atoms with Crippen LogP contribution in [0.15, 0.2) is 54.9 Å². The first kappa shape index (κ1) is 17.9. The second-order valence-corrected chi connectivity index (χ2v) is 6.40. The molecule has 2 aromatic carbocycles. The minimum Gasteiger partial charge on any atom is -0.352 e. The zero-order chi connectivity index (χ0) is 18.5. The van der Waals surface area contributed by atoms with Gasteiger partial charge >= 0.3 is 0 Å². The largest absolute Gasteiger partial charge is 0.352 e. The zero-order valence-corrected chi connectivity index (χ0v) is 15.0. The molecule has 5 heteroatoms. The molecule has 0 unspecified atom stereocenters. The lowest BCUT2D eigenvalue weighted by Crippen LogP contribution is -2.23. The number of rotatable bonds is 6. The first-order chi connectivity index (χ1) is 12.5. The van der Waals surface area contributed by atoms with E-state index >= 15 is 0 Å². The fourth-order valence-corrected chi connectivity index (χ4v) is 2.90. The van der Waals surface area contributed by atoms with Crippen LogP contribution in [0.4, 0.5) is 4.39 Å². The first-order valence-corrected chi connectivity index (χ1v) is 8.64. The molecule has 0 aliphatic heterocycles. The predicted octanol–water partition coefficient (Wildman–Crippen LogP) is 3.88. The molecular weight excluding hydrogens is 329 g/mol. The molecule has 1 aromatic heterocycles. The topological polar surface area (TPSA) is 46.9 Å². The summed E-state index contributed by atoms with van der Waals surface area (Å²) in [5, 5.41) is 2.85. The highest BCUT2D eigenvalue weighted by molar-refractivity contribution is 5.76. The van der Waals surface area contributed by atoms with Crippen LogP contribution in [0, 0.1) is 19.7 Å². The second kappa shape index (κ2) is 7.95. The summed E-state index contributed by atoms with van der Waals surface area (Å²) in [6.45, 7) is 4.17. The van der Waals surface area contributed by atoms with Crippen LogP contribution >= 0.6 is 0 Å². The second-order valence-electron chi connectivity index (χ2n) is 6.40. The van der Waals surface area contributed by atoms with E-state index in [-0.39, 0.29) is 11.7 Å². The Morgan fingerprint density at radius 2 is 2.00 bits per heavy atom. The molecule has 1 amide bonds. The van der Waals surface area contributed by atoms with Crippen molar-refractivity contribution in [3.05, 3.63) is 83.2 Å². The monoisotopic (exact) mass is 351 g/mol. The molecule has 0 saturated carbocycles. The third-order valence-corrected chi connectivity index (χ3v) is 4.31. The molecule has 3 aromatic rings. The lowest BCUT2D eigenvalue weighted by atomic mass is 10.1. The van der Waals surface area contributed by atoms with Crippen LogP contribution in [0.2, 0.25) is 0 Å². The van der Waals surface area contributed by atoms with Crippen molar-refractivity contribution in [3.8, 4) is 5.69 Å². The maximum Gasteiger partial charge on any atom is 0.220 e. The number of amides is 1. The van der Waals surface area contributed by atoms with Crippen molar-refractivity contribution in [2.45, 2.75) is 33.2 Å². The third-order valence-electron chi connectivity index (χ3n) is 4.31. The van der Waals surface area contributed by atoms with Gasteiger partial charge in [0.25, 0.3) is 0 Å². The Labute approximate surface area is 152 Å². The summed E-state index contributed by atoms with van der Waals surface area (Å²) in [5.41, 5.74) is 3.51. The van der Waals surface area contributed by atoms with E-state index in [9.17, 15) is 9.18 Å². The molecule has 3 rings (SSSR count). The van der Waals surface area contributed by atoms with Crippen LogP contribution in [0.5, 0.6) is 0 Å². The van der Waals surface area contributed by atoms with Crippen molar-refractivity contribution in [2.24, 2.45) is 0 Å². The van der Waals surface area contributed by atoms with E-state index in [1.165, 1.54) is 11.6 Å². The highest BCUT2D eigenvalue weighted by Crippen LogP contribution is 2.17. The molecule has 1 heterocycles. The van der Waals surface area contributed by atoms with Crippen LogP contribution in [0.3, 0.4) is 0 Å². The summed E-state index contributed by atoms with van der Waals surface area (Å²) in [6, 6.07) is 13.1. The highest BCUT2D eigenvalue weighted by atomic mass is 19.1. The summed E-state index contributed by atoms with van der Waals surface area (Å²) < 4.78 is 16.1. The van der Waals surface area contributed by atoms with Crippen molar-refractivity contribution < 1.29 is 9.18 Å². The van der Waals surface area contributed by atoms with Crippen molar-refractivity contribution in [1.82, 2.24) is 14.9 Å². The van der Waals surface area contributed by atoms with Crippen LogP contribution < -0.4 is 5.32 Å². The van der Waals surface area contributed by atoms with Gasteiger partial charge in [-0.15, -0.1) is 0 Å². The van der Waals surface area contributed by atoms with E-state index in [0.29, 0.717) is 25.1 Å². The van der Waals surface area contributed by atoms with E-state index in [4.69, 9.17) is 0 Å². The van der Waals surface area contributed by atoms with Gasteiger partial charge in [-0.3, -0.25) is 4.79 Å². The van der Waals surface area contributed by atoms with Gasteiger partial charge in [0, 0.05) is 25.4 Å². The molecule has 0 atom stereocenters. The molecule has 0 spiro atoms. The van der Waals surface area contributed by atoms with Gasteiger partial charge in [0.05, 0.1) is 5.69 Å². The van der Waals surface area contributed by atoms with Crippen molar-refractivity contribution in [3.63, 3.8) is 0 Å². The number of aromatic nitrogens is 2. The molecular formula is C21H22FN3O. The normalized spacial score (nSPS) is 10.7. The minimum absolute atomic E-state index is 0.0403. The Balaban J connectivity index is 1.55. The molecule has 134 valence electrons. The molecule has 0 saturated heterocycles. The quantitative estimate of drug-likeness (QED) is 0.733. The van der Waals surface area contributed by atoms with Crippen LogP contribution in [0.25, 0.3) is 5.69 Å². The molecule has 0 radical (unpaired) electrons. The lowest BCUT2D eigenvalue weighted by molar-refractivity contribution is -0.121. The number of imidazole rings is 1. The van der Waals surface area contributed by atoms with Gasteiger partial charge in [0.2, 0.25) is 5.91 Å². The summed E-state index contributed by atoms with van der Waals surface area (Å²) >= 11 is 0. The van der Waals surface area contributed by atoms with Crippen molar-refractivity contribution >= 4 is 5.91 Å². The van der Waals surface area contributed by atoms with Gasteiger partial charge in [-0.05, 0) is 43.5 Å². The molecule has 0 aliphatic rings. The Bertz CT molecular complexity index is 917. The Hall–Kier alpha value is -2.95. The van der Waals surface area contributed by atoms with E-state index in [2.05, 4.69) is 16.4 Å². The number of hydrogen-bond acceptors (Lipinski definition) is 2. The number of aryl methyl sites for hydroxylation is 3. The average molecular weight is 351 g/mol. The standard InChI is InChI=1S/C21H22FN3O/c1-15-4-3-5-17(12-15)7-9-21(26)24-14-18-6-8-20(19(22)13-18)25-11-10-23-16(25)2/h3-6,8,10-13H,7,9,14H2,1-2H3,(H,24,26). The number of nitrogens with zero attached hydrogens (tertiary/aromatic N) is 2. The zero-order valence-electron chi connectivity index (χ0n) is 15.0. The van der Waals surface area contributed by atoms with E-state index in [1.54, 1.807) is 23.0 Å². The maximum absolute atomic E-state index is 14.4. The molecule has 0 aliphatic carbocycles.